The summed E-state index contributed by atoms with van der Waals surface area (Å²) >= 11 is 0. The number of anilines is 3. The maximum atomic E-state index is 2.32. The Balaban J connectivity index is 1.30. The summed E-state index contributed by atoms with van der Waals surface area (Å²) in [6, 6.07) is 52.3. The first kappa shape index (κ1) is 23.7. The average molecular weight is 492 g/mol. The van der Waals surface area contributed by atoms with Crippen LogP contribution in [0.5, 0.6) is 0 Å². The molecule has 0 amide bonds. The maximum Gasteiger partial charge on any atom is 0.136 e. The minimum absolute atomic E-state index is 1.13. The van der Waals surface area contributed by atoms with Crippen molar-refractivity contribution in [3.05, 3.63) is 151 Å². The van der Waals surface area contributed by atoms with Crippen LogP contribution in [0.15, 0.2) is 146 Å². The Kier molecular flexibility index (Phi) is 6.47. The molecule has 0 fully saturated rings. The third-order valence-corrected chi connectivity index (χ3v) is 7.27. The summed E-state index contributed by atoms with van der Waals surface area (Å²) in [5.41, 5.74) is 9.65. The second-order valence-electron chi connectivity index (χ2n) is 9.82. The lowest BCUT2D eigenvalue weighted by Crippen LogP contribution is -2.98. The predicted molar refractivity (Wildman–Crippen MR) is 161 cm³/mol. The lowest BCUT2D eigenvalue weighted by molar-refractivity contribution is -0.735. The molecule has 0 aliphatic rings. The third-order valence-electron chi connectivity index (χ3n) is 7.27. The highest BCUT2D eigenvalue weighted by Crippen LogP contribution is 2.36. The number of fused-ring (bicyclic) bond motifs is 1. The molecule has 0 saturated heterocycles. The van der Waals surface area contributed by atoms with Gasteiger partial charge < -0.3 is 4.90 Å². The summed E-state index contributed by atoms with van der Waals surface area (Å²) < 4.78 is 0. The first-order valence-electron chi connectivity index (χ1n) is 13.1. The molecule has 1 N–H and O–H groups in total. The molecule has 6 rings (SSSR count). The molecule has 6 aromatic rings. The van der Waals surface area contributed by atoms with Crippen LogP contribution in [0.4, 0.5) is 28.4 Å². The van der Waals surface area contributed by atoms with Gasteiger partial charge in [-0.25, -0.2) is 0 Å². The Morgan fingerprint density at radius 1 is 0.447 bits per heavy atom. The normalized spacial score (nSPS) is 11.8. The van der Waals surface area contributed by atoms with E-state index in [-0.39, 0.29) is 0 Å². The van der Waals surface area contributed by atoms with Crippen molar-refractivity contribution in [2.75, 3.05) is 11.9 Å². The van der Waals surface area contributed by atoms with Gasteiger partial charge in [0, 0.05) is 29.2 Å². The van der Waals surface area contributed by atoms with Crippen molar-refractivity contribution in [2.24, 2.45) is 0 Å². The number of para-hydroxylation sites is 1. The first-order valence-corrected chi connectivity index (χ1v) is 13.1. The molecule has 0 saturated carbocycles. The van der Waals surface area contributed by atoms with Crippen LogP contribution in [-0.4, -0.2) is 7.05 Å². The number of benzene rings is 6. The summed E-state index contributed by atoms with van der Waals surface area (Å²) in [6.07, 6.45) is 0. The molecule has 2 heteroatoms. The molecule has 0 aromatic heterocycles. The molecule has 1 unspecified atom stereocenters. The SMILES string of the molecule is Cc1ccc([NH+](C)c2ccc(-c3ccc(N(c4ccccc4)c4ccc5ccccc5c4)cc3)cc2)cc1. The Hall–Kier alpha value is -4.66. The Morgan fingerprint density at radius 3 is 1.61 bits per heavy atom. The highest BCUT2D eigenvalue weighted by atomic mass is 15.1. The molecule has 0 radical (unpaired) electrons. The van der Waals surface area contributed by atoms with Gasteiger partial charge in [-0.3, -0.25) is 4.90 Å². The Morgan fingerprint density at radius 2 is 0.947 bits per heavy atom. The van der Waals surface area contributed by atoms with Crippen LogP contribution in [0, 0.1) is 6.92 Å². The molecule has 0 aliphatic carbocycles. The quantitative estimate of drug-likeness (QED) is 0.245. The number of quaternary nitrogens is 1. The van der Waals surface area contributed by atoms with Gasteiger partial charge in [0.25, 0.3) is 0 Å². The summed E-state index contributed by atoms with van der Waals surface area (Å²) in [5, 5.41) is 2.48. The van der Waals surface area contributed by atoms with Crippen LogP contribution in [0.1, 0.15) is 5.56 Å². The molecule has 2 nitrogen and oxygen atoms in total. The molecular weight excluding hydrogens is 460 g/mol. The van der Waals surface area contributed by atoms with E-state index in [2.05, 4.69) is 164 Å². The zero-order chi connectivity index (χ0) is 25.9. The van der Waals surface area contributed by atoms with E-state index in [9.17, 15) is 0 Å². The van der Waals surface area contributed by atoms with E-state index < -0.39 is 0 Å². The van der Waals surface area contributed by atoms with E-state index in [1.807, 2.05) is 0 Å². The summed E-state index contributed by atoms with van der Waals surface area (Å²) in [7, 11) is 2.19. The molecule has 0 heterocycles. The Labute approximate surface area is 225 Å². The van der Waals surface area contributed by atoms with E-state index >= 15 is 0 Å². The lowest BCUT2D eigenvalue weighted by atomic mass is 10.0. The van der Waals surface area contributed by atoms with E-state index in [0.717, 1.165) is 17.1 Å². The minimum Gasteiger partial charge on any atom is -0.310 e. The largest absolute Gasteiger partial charge is 0.310 e. The van der Waals surface area contributed by atoms with Crippen molar-refractivity contribution in [3.8, 4) is 11.1 Å². The van der Waals surface area contributed by atoms with E-state index in [0.29, 0.717) is 0 Å². The molecule has 38 heavy (non-hydrogen) atoms. The number of nitrogens with one attached hydrogen (secondary N) is 1. The van der Waals surface area contributed by atoms with Gasteiger partial charge in [0.15, 0.2) is 0 Å². The van der Waals surface area contributed by atoms with Gasteiger partial charge in [-0.15, -0.1) is 0 Å². The van der Waals surface area contributed by atoms with Gasteiger partial charge in [0.2, 0.25) is 0 Å². The number of aryl methyl sites for hydroxylation is 1. The van der Waals surface area contributed by atoms with Gasteiger partial charge in [-0.2, -0.15) is 0 Å². The molecule has 6 aromatic carbocycles. The van der Waals surface area contributed by atoms with Crippen molar-refractivity contribution in [2.45, 2.75) is 6.92 Å². The van der Waals surface area contributed by atoms with Gasteiger partial charge in [-0.05, 0) is 89.5 Å². The van der Waals surface area contributed by atoms with E-state index in [1.165, 1.54) is 43.7 Å². The average Bonchev–Trinajstić information content (AvgIpc) is 2.98. The van der Waals surface area contributed by atoms with Crippen molar-refractivity contribution in [1.82, 2.24) is 0 Å². The smallest absolute Gasteiger partial charge is 0.136 e. The molecule has 184 valence electrons. The van der Waals surface area contributed by atoms with Crippen LogP contribution >= 0.6 is 0 Å². The standard InChI is InChI=1S/C36H30N2/c1-27-12-19-32(20-13-27)37(2)33-21-14-29(15-22-33)30-16-23-35(24-17-30)38(34-10-4-3-5-11-34)36-25-18-28-8-6-7-9-31(28)26-36/h3-26H,1-2H3/p+1. The zero-order valence-electron chi connectivity index (χ0n) is 21.8. The summed E-state index contributed by atoms with van der Waals surface area (Å²) in [6.45, 7) is 2.13. The van der Waals surface area contributed by atoms with Gasteiger partial charge >= 0.3 is 0 Å². The van der Waals surface area contributed by atoms with Gasteiger partial charge in [0.05, 0.1) is 7.05 Å². The van der Waals surface area contributed by atoms with Crippen LogP contribution in [0.25, 0.3) is 21.9 Å². The fraction of sp³-hybridized carbons (Fsp3) is 0.0556. The number of nitrogens with zero attached hydrogens (tertiary/aromatic N) is 1. The fourth-order valence-corrected chi connectivity index (χ4v) is 5.03. The van der Waals surface area contributed by atoms with Crippen molar-refractivity contribution in [3.63, 3.8) is 0 Å². The molecule has 0 bridgehead atoms. The van der Waals surface area contributed by atoms with Gasteiger partial charge in [-0.1, -0.05) is 78.4 Å². The minimum atomic E-state index is 1.13. The second kappa shape index (κ2) is 10.4. The van der Waals surface area contributed by atoms with Crippen molar-refractivity contribution in [1.29, 1.82) is 0 Å². The number of hydrogen-bond acceptors (Lipinski definition) is 1. The summed E-state index contributed by atoms with van der Waals surface area (Å²) in [5.74, 6) is 0. The van der Waals surface area contributed by atoms with Crippen LogP contribution < -0.4 is 9.80 Å². The lowest BCUT2D eigenvalue weighted by Gasteiger charge is -2.26. The molecule has 0 spiro atoms. The van der Waals surface area contributed by atoms with Gasteiger partial charge in [0.1, 0.15) is 11.4 Å². The fourth-order valence-electron chi connectivity index (χ4n) is 5.03. The second-order valence-corrected chi connectivity index (χ2v) is 9.82. The zero-order valence-corrected chi connectivity index (χ0v) is 21.8. The number of rotatable bonds is 6. The summed E-state index contributed by atoms with van der Waals surface area (Å²) in [4.78, 5) is 3.61. The molecular formula is C36H31N2+. The van der Waals surface area contributed by atoms with Crippen molar-refractivity contribution >= 4 is 39.2 Å². The Bertz CT molecular complexity index is 1650. The molecule has 0 aliphatic heterocycles. The highest BCUT2D eigenvalue weighted by molar-refractivity contribution is 5.89. The third kappa shape index (κ3) is 4.82. The van der Waals surface area contributed by atoms with Crippen LogP contribution in [0.2, 0.25) is 0 Å². The first-order chi connectivity index (χ1) is 18.7. The topological polar surface area (TPSA) is 7.68 Å². The van der Waals surface area contributed by atoms with E-state index in [1.54, 1.807) is 0 Å². The van der Waals surface area contributed by atoms with Crippen LogP contribution in [0.3, 0.4) is 0 Å². The van der Waals surface area contributed by atoms with Crippen molar-refractivity contribution < 1.29 is 4.90 Å². The maximum absolute atomic E-state index is 2.32. The molecule has 1 atom stereocenters. The number of hydrogen-bond donors (Lipinski definition) is 1. The highest BCUT2D eigenvalue weighted by Gasteiger charge is 2.14. The van der Waals surface area contributed by atoms with E-state index in [4.69, 9.17) is 0 Å². The van der Waals surface area contributed by atoms with Crippen LogP contribution in [-0.2, 0) is 0 Å². The monoisotopic (exact) mass is 491 g/mol. The predicted octanol–water partition coefficient (Wildman–Crippen LogP) is 8.76.